The van der Waals surface area contributed by atoms with Gasteiger partial charge in [-0.15, -0.1) is 0 Å². The van der Waals surface area contributed by atoms with Crippen molar-refractivity contribution in [2.45, 2.75) is 11.8 Å². The van der Waals surface area contributed by atoms with Crippen LogP contribution in [-0.2, 0) is 6.54 Å². The van der Waals surface area contributed by atoms with Crippen LogP contribution in [0.15, 0.2) is 18.2 Å². The summed E-state index contributed by atoms with van der Waals surface area (Å²) in [6, 6.07) is 3.73. The molecule has 0 saturated carbocycles. The van der Waals surface area contributed by atoms with Crippen LogP contribution < -0.4 is 5.32 Å². The summed E-state index contributed by atoms with van der Waals surface area (Å²) in [5, 5.41) is 3.84. The molecule has 1 aromatic carbocycles. The Morgan fingerprint density at radius 2 is 2.18 bits per heavy atom. The number of nitrogens with one attached hydrogen (secondary N) is 1. The zero-order chi connectivity index (χ0) is 12.1. The third-order valence-electron chi connectivity index (χ3n) is 2.59. The number of hydrogen-bond donors (Lipinski definition) is 1. The van der Waals surface area contributed by atoms with Crippen molar-refractivity contribution in [1.29, 1.82) is 0 Å². The smallest absolute Gasteiger partial charge is 0.130 e. The second kappa shape index (κ2) is 6.61. The van der Waals surface area contributed by atoms with Gasteiger partial charge in [0.15, 0.2) is 0 Å². The molecule has 1 heterocycles. The minimum atomic E-state index is -0.523. The number of hydrogen-bond acceptors (Lipinski definition) is 3. The molecular formula is C12H15F2NS2. The zero-order valence-electron chi connectivity index (χ0n) is 9.42. The molecule has 1 nitrogen and oxygen atoms in total. The van der Waals surface area contributed by atoms with Gasteiger partial charge >= 0.3 is 0 Å². The maximum Gasteiger partial charge on any atom is 0.130 e. The molecule has 17 heavy (non-hydrogen) atoms. The first-order chi connectivity index (χ1) is 8.25. The van der Waals surface area contributed by atoms with Crippen molar-refractivity contribution >= 4 is 23.5 Å². The molecule has 0 spiro atoms. The number of benzene rings is 1. The summed E-state index contributed by atoms with van der Waals surface area (Å²) in [6.45, 7) is 1.35. The highest BCUT2D eigenvalue weighted by Crippen LogP contribution is 2.23. The molecule has 1 saturated heterocycles. The van der Waals surface area contributed by atoms with Crippen LogP contribution in [0.3, 0.4) is 0 Å². The molecule has 0 radical (unpaired) electrons. The van der Waals surface area contributed by atoms with Crippen LogP contribution >= 0.6 is 23.5 Å². The molecule has 0 amide bonds. The molecular weight excluding hydrogens is 260 g/mol. The maximum atomic E-state index is 13.3. The first-order valence-corrected chi connectivity index (χ1v) is 7.80. The first-order valence-electron chi connectivity index (χ1n) is 5.59. The van der Waals surface area contributed by atoms with E-state index in [9.17, 15) is 8.78 Å². The molecule has 94 valence electrons. The molecule has 0 aromatic heterocycles. The summed E-state index contributed by atoms with van der Waals surface area (Å²) in [6.07, 6.45) is 0. The monoisotopic (exact) mass is 275 g/mol. The van der Waals surface area contributed by atoms with Crippen LogP contribution in [-0.4, -0.2) is 29.1 Å². The van der Waals surface area contributed by atoms with E-state index in [-0.39, 0.29) is 0 Å². The fourth-order valence-electron chi connectivity index (χ4n) is 1.69. The predicted octanol–water partition coefficient (Wildman–Crippen LogP) is 2.90. The van der Waals surface area contributed by atoms with E-state index in [4.69, 9.17) is 0 Å². The maximum absolute atomic E-state index is 13.3. The third kappa shape index (κ3) is 4.16. The normalized spacial score (nSPS) is 20.5. The predicted molar refractivity (Wildman–Crippen MR) is 71.6 cm³/mol. The highest BCUT2D eigenvalue weighted by molar-refractivity contribution is 8.06. The minimum absolute atomic E-state index is 0.466. The van der Waals surface area contributed by atoms with Crippen LogP contribution in [0, 0.1) is 11.6 Å². The Morgan fingerprint density at radius 3 is 2.88 bits per heavy atom. The lowest BCUT2D eigenvalue weighted by molar-refractivity contribution is 0.560. The van der Waals surface area contributed by atoms with E-state index in [1.165, 1.54) is 23.6 Å². The van der Waals surface area contributed by atoms with Gasteiger partial charge in [-0.3, -0.25) is 0 Å². The molecule has 0 aliphatic carbocycles. The van der Waals surface area contributed by atoms with Gasteiger partial charge in [0, 0.05) is 47.2 Å². The van der Waals surface area contributed by atoms with Gasteiger partial charge in [0.05, 0.1) is 0 Å². The lowest BCUT2D eigenvalue weighted by atomic mass is 10.2. The Balaban J connectivity index is 1.77. The van der Waals surface area contributed by atoms with Gasteiger partial charge in [-0.05, 0) is 6.07 Å². The Morgan fingerprint density at radius 1 is 1.29 bits per heavy atom. The summed E-state index contributed by atoms with van der Waals surface area (Å²) in [7, 11) is 0. The summed E-state index contributed by atoms with van der Waals surface area (Å²) >= 11 is 3.94. The average Bonchev–Trinajstić information content (AvgIpc) is 2.33. The van der Waals surface area contributed by atoms with Gasteiger partial charge in [0.25, 0.3) is 0 Å². The van der Waals surface area contributed by atoms with E-state index in [0.29, 0.717) is 17.4 Å². The lowest BCUT2D eigenvalue weighted by Crippen LogP contribution is -2.28. The van der Waals surface area contributed by atoms with E-state index in [2.05, 4.69) is 5.32 Å². The Hall–Kier alpha value is -0.260. The number of rotatable bonds is 4. The van der Waals surface area contributed by atoms with E-state index in [1.54, 1.807) is 0 Å². The minimum Gasteiger partial charge on any atom is -0.311 e. The van der Waals surface area contributed by atoms with Crippen LogP contribution in [0.2, 0.25) is 0 Å². The van der Waals surface area contributed by atoms with Crippen molar-refractivity contribution in [3.63, 3.8) is 0 Å². The highest BCUT2D eigenvalue weighted by atomic mass is 32.2. The number of thioether (sulfide) groups is 2. The Bertz CT molecular complexity index is 368. The lowest BCUT2D eigenvalue weighted by Gasteiger charge is -2.21. The van der Waals surface area contributed by atoms with Crippen LogP contribution in [0.5, 0.6) is 0 Å². The van der Waals surface area contributed by atoms with Gasteiger partial charge in [-0.1, -0.05) is 6.07 Å². The molecule has 5 heteroatoms. The first kappa shape index (κ1) is 13.2. The van der Waals surface area contributed by atoms with E-state index < -0.39 is 11.6 Å². The summed E-state index contributed by atoms with van der Waals surface area (Å²) < 4.78 is 26.0. The van der Waals surface area contributed by atoms with Crippen molar-refractivity contribution in [2.24, 2.45) is 0 Å². The molecule has 1 aromatic rings. The van der Waals surface area contributed by atoms with Gasteiger partial charge in [-0.25, -0.2) is 8.78 Å². The molecule has 1 atom stereocenters. The van der Waals surface area contributed by atoms with Crippen molar-refractivity contribution in [2.75, 3.05) is 23.8 Å². The quantitative estimate of drug-likeness (QED) is 0.907. The second-order valence-corrected chi connectivity index (χ2v) is 6.49. The SMILES string of the molecule is Fc1ccc(CNCC2CSCCS2)c(F)c1. The summed E-state index contributed by atoms with van der Waals surface area (Å²) in [5.74, 6) is 2.59. The molecule has 2 rings (SSSR count). The van der Waals surface area contributed by atoms with E-state index in [1.807, 2.05) is 23.5 Å². The molecule has 1 unspecified atom stereocenters. The van der Waals surface area contributed by atoms with Gasteiger partial charge in [-0.2, -0.15) is 23.5 Å². The number of halogens is 2. The van der Waals surface area contributed by atoms with Crippen molar-refractivity contribution in [3.8, 4) is 0 Å². The van der Waals surface area contributed by atoms with E-state index >= 15 is 0 Å². The van der Waals surface area contributed by atoms with Crippen molar-refractivity contribution < 1.29 is 8.78 Å². The summed E-state index contributed by atoms with van der Waals surface area (Å²) in [5.41, 5.74) is 0.528. The largest absolute Gasteiger partial charge is 0.311 e. The van der Waals surface area contributed by atoms with Gasteiger partial charge < -0.3 is 5.32 Å². The Kier molecular flexibility index (Phi) is 5.13. The molecule has 1 fully saturated rings. The molecule has 1 N–H and O–H groups in total. The van der Waals surface area contributed by atoms with Crippen LogP contribution in [0.4, 0.5) is 8.78 Å². The third-order valence-corrected chi connectivity index (χ3v) is 5.43. The zero-order valence-corrected chi connectivity index (χ0v) is 11.1. The molecule has 0 bridgehead atoms. The fraction of sp³-hybridized carbons (Fsp3) is 0.500. The van der Waals surface area contributed by atoms with Gasteiger partial charge in [0.2, 0.25) is 0 Å². The van der Waals surface area contributed by atoms with Gasteiger partial charge in [0.1, 0.15) is 11.6 Å². The standard InChI is InChI=1S/C12H15F2NS2/c13-10-2-1-9(12(14)5-10)6-15-7-11-8-16-3-4-17-11/h1-2,5,11,15H,3-4,6-8H2. The molecule has 1 aliphatic rings. The molecule has 1 aliphatic heterocycles. The van der Waals surface area contributed by atoms with E-state index in [0.717, 1.165) is 18.4 Å². The van der Waals surface area contributed by atoms with Crippen LogP contribution in [0.25, 0.3) is 0 Å². The average molecular weight is 275 g/mol. The highest BCUT2D eigenvalue weighted by Gasteiger charge is 2.13. The van der Waals surface area contributed by atoms with Crippen molar-refractivity contribution in [3.05, 3.63) is 35.4 Å². The second-order valence-electron chi connectivity index (χ2n) is 3.93. The topological polar surface area (TPSA) is 12.0 Å². The summed E-state index contributed by atoms with van der Waals surface area (Å²) in [4.78, 5) is 0. The Labute approximate surface area is 109 Å². The van der Waals surface area contributed by atoms with Crippen molar-refractivity contribution in [1.82, 2.24) is 5.32 Å². The fourth-order valence-corrected chi connectivity index (χ4v) is 4.33. The van der Waals surface area contributed by atoms with Crippen LogP contribution in [0.1, 0.15) is 5.56 Å².